The van der Waals surface area contributed by atoms with E-state index in [1.807, 2.05) is 0 Å². The summed E-state index contributed by atoms with van der Waals surface area (Å²) in [7, 11) is -2.23. The quantitative estimate of drug-likeness (QED) is 0.852. The fourth-order valence-corrected chi connectivity index (χ4v) is 3.66. The Hall–Kier alpha value is -1.11. The van der Waals surface area contributed by atoms with Gasteiger partial charge in [-0.2, -0.15) is 0 Å². The van der Waals surface area contributed by atoms with Gasteiger partial charge in [0.25, 0.3) is 0 Å². The molecule has 2 N–H and O–H groups in total. The fraction of sp³-hybridized carbons (Fsp3) is 0.500. The molecule has 100 valence electrons. The second kappa shape index (κ2) is 5.26. The van der Waals surface area contributed by atoms with Gasteiger partial charge < -0.3 is 9.84 Å². The van der Waals surface area contributed by atoms with Crippen molar-refractivity contribution >= 4 is 10.0 Å². The van der Waals surface area contributed by atoms with E-state index in [1.165, 1.54) is 13.2 Å². The van der Waals surface area contributed by atoms with E-state index in [2.05, 4.69) is 4.72 Å². The predicted octanol–water partition coefficient (Wildman–Crippen LogP) is 0.887. The van der Waals surface area contributed by atoms with Crippen LogP contribution in [0.4, 0.5) is 0 Å². The van der Waals surface area contributed by atoms with Crippen molar-refractivity contribution in [3.05, 3.63) is 24.3 Å². The SMILES string of the molecule is COc1ccccc1S(=O)(=O)NC1CCCC1O. The van der Waals surface area contributed by atoms with E-state index in [0.717, 1.165) is 6.42 Å². The zero-order valence-electron chi connectivity index (χ0n) is 10.2. The van der Waals surface area contributed by atoms with Crippen molar-refractivity contribution in [2.75, 3.05) is 7.11 Å². The first-order valence-corrected chi connectivity index (χ1v) is 7.36. The Balaban J connectivity index is 2.25. The van der Waals surface area contributed by atoms with E-state index in [-0.39, 0.29) is 4.90 Å². The predicted molar refractivity (Wildman–Crippen MR) is 67.0 cm³/mol. The lowest BCUT2D eigenvalue weighted by molar-refractivity contribution is 0.159. The Bertz CT molecular complexity index is 515. The van der Waals surface area contributed by atoms with Crippen molar-refractivity contribution in [3.8, 4) is 5.75 Å². The molecule has 2 atom stereocenters. The van der Waals surface area contributed by atoms with Crippen LogP contribution in [-0.4, -0.2) is 32.8 Å². The number of hydrogen-bond donors (Lipinski definition) is 2. The van der Waals surface area contributed by atoms with Gasteiger partial charge >= 0.3 is 0 Å². The van der Waals surface area contributed by atoms with E-state index in [0.29, 0.717) is 18.6 Å². The van der Waals surface area contributed by atoms with Crippen molar-refractivity contribution in [1.82, 2.24) is 4.72 Å². The van der Waals surface area contributed by atoms with Gasteiger partial charge in [-0.3, -0.25) is 0 Å². The number of hydrogen-bond acceptors (Lipinski definition) is 4. The normalized spacial score (nSPS) is 24.1. The molecule has 0 spiro atoms. The van der Waals surface area contributed by atoms with Crippen LogP contribution in [0.2, 0.25) is 0 Å². The van der Waals surface area contributed by atoms with Crippen molar-refractivity contribution in [2.24, 2.45) is 0 Å². The first-order chi connectivity index (χ1) is 8.54. The van der Waals surface area contributed by atoms with Gasteiger partial charge in [0.2, 0.25) is 10.0 Å². The molecule has 1 aliphatic rings. The lowest BCUT2D eigenvalue weighted by Gasteiger charge is -2.17. The van der Waals surface area contributed by atoms with E-state index in [4.69, 9.17) is 4.74 Å². The van der Waals surface area contributed by atoms with E-state index < -0.39 is 22.2 Å². The molecule has 1 saturated carbocycles. The minimum absolute atomic E-state index is 0.103. The Kier molecular flexibility index (Phi) is 3.89. The minimum Gasteiger partial charge on any atom is -0.495 e. The van der Waals surface area contributed by atoms with Crippen LogP contribution in [-0.2, 0) is 10.0 Å². The maximum absolute atomic E-state index is 12.2. The maximum Gasteiger partial charge on any atom is 0.244 e. The van der Waals surface area contributed by atoms with Crippen LogP contribution in [0.25, 0.3) is 0 Å². The molecule has 1 aromatic carbocycles. The van der Waals surface area contributed by atoms with Crippen molar-refractivity contribution in [2.45, 2.75) is 36.3 Å². The van der Waals surface area contributed by atoms with Crippen LogP contribution in [0.5, 0.6) is 5.75 Å². The number of sulfonamides is 1. The molecule has 0 heterocycles. The van der Waals surface area contributed by atoms with Gasteiger partial charge in [0.1, 0.15) is 10.6 Å². The highest BCUT2D eigenvalue weighted by Gasteiger charge is 2.30. The van der Waals surface area contributed by atoms with Gasteiger partial charge in [-0.05, 0) is 31.4 Å². The van der Waals surface area contributed by atoms with Crippen molar-refractivity contribution in [3.63, 3.8) is 0 Å². The topological polar surface area (TPSA) is 75.6 Å². The van der Waals surface area contributed by atoms with Crippen molar-refractivity contribution < 1.29 is 18.3 Å². The smallest absolute Gasteiger partial charge is 0.244 e. The molecular weight excluding hydrogens is 254 g/mol. The molecule has 0 aromatic heterocycles. The number of nitrogens with one attached hydrogen (secondary N) is 1. The molecule has 6 heteroatoms. The van der Waals surface area contributed by atoms with Gasteiger partial charge in [-0.1, -0.05) is 12.1 Å². The summed E-state index contributed by atoms with van der Waals surface area (Å²) in [6, 6.07) is 6.03. The molecule has 0 bridgehead atoms. The molecule has 2 rings (SSSR count). The highest BCUT2D eigenvalue weighted by atomic mass is 32.2. The molecule has 5 nitrogen and oxygen atoms in total. The molecule has 0 radical (unpaired) electrons. The molecule has 0 saturated heterocycles. The summed E-state index contributed by atoms with van der Waals surface area (Å²) in [4.78, 5) is 0.103. The molecular formula is C12H17NO4S. The second-order valence-electron chi connectivity index (χ2n) is 4.38. The minimum atomic E-state index is -3.65. The summed E-state index contributed by atoms with van der Waals surface area (Å²) in [5.74, 6) is 0.303. The van der Waals surface area contributed by atoms with Crippen LogP contribution in [0.15, 0.2) is 29.2 Å². The van der Waals surface area contributed by atoms with Crippen LogP contribution < -0.4 is 9.46 Å². The summed E-state index contributed by atoms with van der Waals surface area (Å²) in [5.41, 5.74) is 0. The largest absolute Gasteiger partial charge is 0.495 e. The van der Waals surface area contributed by atoms with E-state index >= 15 is 0 Å². The lowest BCUT2D eigenvalue weighted by Crippen LogP contribution is -2.39. The number of methoxy groups -OCH3 is 1. The van der Waals surface area contributed by atoms with Gasteiger partial charge in [0.15, 0.2) is 0 Å². The fourth-order valence-electron chi connectivity index (χ4n) is 2.18. The van der Waals surface area contributed by atoms with Crippen LogP contribution in [0.1, 0.15) is 19.3 Å². The monoisotopic (exact) mass is 271 g/mol. The Labute approximate surface area is 107 Å². The third-order valence-electron chi connectivity index (χ3n) is 3.14. The Morgan fingerprint density at radius 1 is 1.33 bits per heavy atom. The highest BCUT2D eigenvalue weighted by molar-refractivity contribution is 7.89. The molecule has 1 aliphatic carbocycles. The zero-order valence-corrected chi connectivity index (χ0v) is 11.0. The Morgan fingerprint density at radius 2 is 2.06 bits per heavy atom. The molecule has 1 fully saturated rings. The first-order valence-electron chi connectivity index (χ1n) is 5.88. The number of para-hydroxylation sites is 1. The molecule has 0 aliphatic heterocycles. The van der Waals surface area contributed by atoms with E-state index in [9.17, 15) is 13.5 Å². The molecule has 2 unspecified atom stereocenters. The number of ether oxygens (including phenoxy) is 1. The average molecular weight is 271 g/mol. The second-order valence-corrected chi connectivity index (χ2v) is 6.06. The van der Waals surface area contributed by atoms with Crippen molar-refractivity contribution in [1.29, 1.82) is 0 Å². The van der Waals surface area contributed by atoms with Gasteiger partial charge in [0.05, 0.1) is 13.2 Å². The summed E-state index contributed by atoms with van der Waals surface area (Å²) in [6.45, 7) is 0. The maximum atomic E-state index is 12.2. The number of aliphatic hydroxyl groups is 1. The zero-order chi connectivity index (χ0) is 13.2. The summed E-state index contributed by atoms with van der Waals surface area (Å²) in [5, 5.41) is 9.67. The van der Waals surface area contributed by atoms with Gasteiger partial charge in [0, 0.05) is 6.04 Å². The van der Waals surface area contributed by atoms with Gasteiger partial charge in [-0.25, -0.2) is 13.1 Å². The van der Waals surface area contributed by atoms with Crippen LogP contribution in [0, 0.1) is 0 Å². The highest BCUT2D eigenvalue weighted by Crippen LogP contribution is 2.25. The standard InChI is InChI=1S/C12H17NO4S/c1-17-11-7-2-3-8-12(11)18(15,16)13-9-5-4-6-10(9)14/h2-3,7-10,13-14H,4-6H2,1H3. The summed E-state index contributed by atoms with van der Waals surface area (Å²) >= 11 is 0. The van der Waals surface area contributed by atoms with Crippen LogP contribution >= 0.6 is 0 Å². The summed E-state index contributed by atoms with van der Waals surface area (Å²) in [6.07, 6.45) is 1.53. The average Bonchev–Trinajstić information content (AvgIpc) is 2.74. The third kappa shape index (κ3) is 2.66. The number of rotatable bonds is 4. The van der Waals surface area contributed by atoms with Crippen LogP contribution in [0.3, 0.4) is 0 Å². The number of aliphatic hydroxyl groups excluding tert-OH is 1. The molecule has 18 heavy (non-hydrogen) atoms. The Morgan fingerprint density at radius 3 is 2.67 bits per heavy atom. The summed E-state index contributed by atoms with van der Waals surface area (Å²) < 4.78 is 32.0. The third-order valence-corrected chi connectivity index (χ3v) is 4.67. The molecule has 1 aromatic rings. The van der Waals surface area contributed by atoms with Gasteiger partial charge in [-0.15, -0.1) is 0 Å². The lowest BCUT2D eigenvalue weighted by atomic mass is 10.2. The van der Waals surface area contributed by atoms with E-state index in [1.54, 1.807) is 18.2 Å². The molecule has 0 amide bonds. The first kappa shape index (κ1) is 13.3. The number of benzene rings is 1.